The maximum atomic E-state index is 12.6. The van der Waals surface area contributed by atoms with Gasteiger partial charge >= 0.3 is 0 Å². The molecule has 1 saturated heterocycles. The van der Waals surface area contributed by atoms with Gasteiger partial charge < -0.3 is 10.2 Å². The number of carbonyl (C=O) groups excluding carboxylic acids is 1. The maximum absolute atomic E-state index is 12.6. The highest BCUT2D eigenvalue weighted by Gasteiger charge is 2.25. The summed E-state index contributed by atoms with van der Waals surface area (Å²) >= 11 is 1.64. The molecular formula is C14H16N2OS. The van der Waals surface area contributed by atoms with Gasteiger partial charge in [-0.05, 0) is 13.0 Å². The summed E-state index contributed by atoms with van der Waals surface area (Å²) in [5.74, 6) is 0.168. The monoisotopic (exact) mass is 260 g/mol. The van der Waals surface area contributed by atoms with E-state index in [1.807, 2.05) is 28.5 Å². The van der Waals surface area contributed by atoms with Crippen LogP contribution in [0, 0.1) is 0 Å². The van der Waals surface area contributed by atoms with Gasteiger partial charge in [-0.2, -0.15) is 0 Å². The molecule has 1 aromatic carbocycles. The SMILES string of the molecule is C[C@@H]1CNCCN1C(=O)c1csc2ccccc12. The van der Waals surface area contributed by atoms with E-state index in [0.29, 0.717) is 0 Å². The molecule has 0 saturated carbocycles. The zero-order chi connectivity index (χ0) is 12.5. The first-order valence-corrected chi connectivity index (χ1v) is 7.13. The van der Waals surface area contributed by atoms with Crippen molar-refractivity contribution in [3.63, 3.8) is 0 Å². The number of thiophene rings is 1. The zero-order valence-corrected chi connectivity index (χ0v) is 11.2. The Balaban J connectivity index is 1.96. The molecule has 0 aliphatic carbocycles. The molecule has 2 aromatic rings. The first kappa shape index (κ1) is 11.7. The number of nitrogens with zero attached hydrogens (tertiary/aromatic N) is 1. The van der Waals surface area contributed by atoms with Crippen LogP contribution < -0.4 is 5.32 Å². The lowest BCUT2D eigenvalue weighted by molar-refractivity contribution is 0.0658. The molecule has 1 amide bonds. The summed E-state index contributed by atoms with van der Waals surface area (Å²) in [7, 11) is 0. The third kappa shape index (κ3) is 1.91. The Hall–Kier alpha value is -1.39. The van der Waals surface area contributed by atoms with Crippen molar-refractivity contribution >= 4 is 27.3 Å². The van der Waals surface area contributed by atoms with Crippen molar-refractivity contribution in [2.75, 3.05) is 19.6 Å². The molecule has 1 N–H and O–H groups in total. The van der Waals surface area contributed by atoms with Gasteiger partial charge in [-0.1, -0.05) is 18.2 Å². The molecule has 1 atom stereocenters. The Kier molecular flexibility index (Phi) is 3.06. The molecule has 0 bridgehead atoms. The lowest BCUT2D eigenvalue weighted by atomic mass is 10.1. The Morgan fingerprint density at radius 3 is 3.11 bits per heavy atom. The summed E-state index contributed by atoms with van der Waals surface area (Å²) in [6.45, 7) is 4.66. The fourth-order valence-electron chi connectivity index (χ4n) is 2.44. The maximum Gasteiger partial charge on any atom is 0.255 e. The highest BCUT2D eigenvalue weighted by Crippen LogP contribution is 2.27. The molecule has 3 nitrogen and oxygen atoms in total. The molecule has 0 unspecified atom stereocenters. The molecule has 1 aliphatic heterocycles. The molecule has 1 aliphatic rings. The molecule has 1 aromatic heterocycles. The minimum Gasteiger partial charge on any atom is -0.333 e. The van der Waals surface area contributed by atoms with Crippen LogP contribution in [0.2, 0.25) is 0 Å². The quantitative estimate of drug-likeness (QED) is 0.853. The average molecular weight is 260 g/mol. The van der Waals surface area contributed by atoms with Crippen LogP contribution in [0.15, 0.2) is 29.6 Å². The predicted molar refractivity (Wildman–Crippen MR) is 75.2 cm³/mol. The first-order valence-electron chi connectivity index (χ1n) is 6.25. The second-order valence-electron chi connectivity index (χ2n) is 4.70. The number of hydrogen-bond acceptors (Lipinski definition) is 3. The van der Waals surface area contributed by atoms with Crippen LogP contribution in [-0.4, -0.2) is 36.5 Å². The molecule has 18 heavy (non-hydrogen) atoms. The highest BCUT2D eigenvalue weighted by atomic mass is 32.1. The van der Waals surface area contributed by atoms with E-state index < -0.39 is 0 Å². The van der Waals surface area contributed by atoms with Gasteiger partial charge in [-0.25, -0.2) is 0 Å². The third-order valence-electron chi connectivity index (χ3n) is 3.47. The lowest BCUT2D eigenvalue weighted by Gasteiger charge is -2.33. The molecule has 1 fully saturated rings. The second-order valence-corrected chi connectivity index (χ2v) is 5.61. The van der Waals surface area contributed by atoms with Crippen LogP contribution in [-0.2, 0) is 0 Å². The number of nitrogens with one attached hydrogen (secondary N) is 1. The first-order chi connectivity index (χ1) is 8.77. The van der Waals surface area contributed by atoms with E-state index in [1.54, 1.807) is 11.3 Å². The van der Waals surface area contributed by atoms with Gasteiger partial charge in [0.15, 0.2) is 0 Å². The van der Waals surface area contributed by atoms with Crippen molar-refractivity contribution in [3.05, 3.63) is 35.2 Å². The van der Waals surface area contributed by atoms with E-state index in [2.05, 4.69) is 18.3 Å². The van der Waals surface area contributed by atoms with E-state index in [4.69, 9.17) is 0 Å². The molecule has 0 spiro atoms. The topological polar surface area (TPSA) is 32.3 Å². The number of hydrogen-bond donors (Lipinski definition) is 1. The van der Waals surface area contributed by atoms with Gasteiger partial charge in [0, 0.05) is 41.1 Å². The zero-order valence-electron chi connectivity index (χ0n) is 10.3. The van der Waals surface area contributed by atoms with Gasteiger partial charge in [-0.3, -0.25) is 4.79 Å². The second kappa shape index (κ2) is 4.71. The largest absolute Gasteiger partial charge is 0.333 e. The van der Waals surface area contributed by atoms with Gasteiger partial charge in [-0.15, -0.1) is 11.3 Å². The van der Waals surface area contributed by atoms with E-state index in [9.17, 15) is 4.79 Å². The number of amides is 1. The molecular weight excluding hydrogens is 244 g/mol. The van der Waals surface area contributed by atoms with Crippen LogP contribution in [0.1, 0.15) is 17.3 Å². The molecule has 2 heterocycles. The number of benzene rings is 1. The van der Waals surface area contributed by atoms with Crippen LogP contribution in [0.4, 0.5) is 0 Å². The fraction of sp³-hybridized carbons (Fsp3) is 0.357. The molecule has 94 valence electrons. The van der Waals surface area contributed by atoms with Gasteiger partial charge in [0.1, 0.15) is 0 Å². The van der Waals surface area contributed by atoms with E-state index >= 15 is 0 Å². The smallest absolute Gasteiger partial charge is 0.255 e. The van der Waals surface area contributed by atoms with Crippen molar-refractivity contribution in [3.8, 4) is 0 Å². The number of rotatable bonds is 1. The van der Waals surface area contributed by atoms with Crippen molar-refractivity contribution in [2.24, 2.45) is 0 Å². The van der Waals surface area contributed by atoms with Gasteiger partial charge in [0.05, 0.1) is 5.56 Å². The van der Waals surface area contributed by atoms with E-state index in [1.165, 1.54) is 4.70 Å². The van der Waals surface area contributed by atoms with Crippen molar-refractivity contribution in [1.82, 2.24) is 10.2 Å². The summed E-state index contributed by atoms with van der Waals surface area (Å²) in [6, 6.07) is 8.38. The van der Waals surface area contributed by atoms with Crippen molar-refractivity contribution in [2.45, 2.75) is 13.0 Å². The Morgan fingerprint density at radius 1 is 1.44 bits per heavy atom. The number of carbonyl (C=O) groups is 1. The summed E-state index contributed by atoms with van der Waals surface area (Å²) in [6.07, 6.45) is 0. The Labute approximate surface area is 110 Å². The minimum atomic E-state index is 0.168. The fourth-order valence-corrected chi connectivity index (χ4v) is 3.38. The number of fused-ring (bicyclic) bond motifs is 1. The van der Waals surface area contributed by atoms with Crippen LogP contribution in [0.5, 0.6) is 0 Å². The average Bonchev–Trinajstić information content (AvgIpc) is 2.82. The standard InChI is InChI=1S/C14H16N2OS/c1-10-8-15-6-7-16(10)14(17)12-9-18-13-5-3-2-4-11(12)13/h2-5,9-10,15H,6-8H2,1H3/t10-/m1/s1. The van der Waals surface area contributed by atoms with Crippen molar-refractivity contribution < 1.29 is 4.79 Å². The summed E-state index contributed by atoms with van der Waals surface area (Å²) in [5, 5.41) is 6.38. The third-order valence-corrected chi connectivity index (χ3v) is 4.44. The van der Waals surface area contributed by atoms with Crippen LogP contribution >= 0.6 is 11.3 Å². The Morgan fingerprint density at radius 2 is 2.28 bits per heavy atom. The lowest BCUT2D eigenvalue weighted by Crippen LogP contribution is -2.52. The summed E-state index contributed by atoms with van der Waals surface area (Å²) in [5.41, 5.74) is 0.851. The summed E-state index contributed by atoms with van der Waals surface area (Å²) < 4.78 is 1.18. The molecule has 3 rings (SSSR count). The van der Waals surface area contributed by atoms with Crippen LogP contribution in [0.3, 0.4) is 0 Å². The Bertz CT molecular complexity index is 578. The van der Waals surface area contributed by atoms with Crippen LogP contribution in [0.25, 0.3) is 10.1 Å². The molecule has 4 heteroatoms. The normalized spacial score (nSPS) is 20.3. The molecule has 0 radical (unpaired) electrons. The minimum absolute atomic E-state index is 0.168. The predicted octanol–water partition coefficient (Wildman–Crippen LogP) is 2.34. The summed E-state index contributed by atoms with van der Waals surface area (Å²) in [4.78, 5) is 14.6. The van der Waals surface area contributed by atoms with Gasteiger partial charge in [0.2, 0.25) is 0 Å². The van der Waals surface area contributed by atoms with Gasteiger partial charge in [0.25, 0.3) is 5.91 Å². The van der Waals surface area contributed by atoms with E-state index in [-0.39, 0.29) is 11.9 Å². The van der Waals surface area contributed by atoms with Crippen molar-refractivity contribution in [1.29, 1.82) is 0 Å². The number of piperazine rings is 1. The highest BCUT2D eigenvalue weighted by molar-refractivity contribution is 7.17. The van der Waals surface area contributed by atoms with E-state index in [0.717, 1.165) is 30.6 Å².